The van der Waals surface area contributed by atoms with Crippen LogP contribution in [0.3, 0.4) is 0 Å². The van der Waals surface area contributed by atoms with Crippen molar-refractivity contribution < 1.29 is 0 Å². The van der Waals surface area contributed by atoms with Crippen molar-refractivity contribution in [2.24, 2.45) is 40.9 Å². The number of rotatable bonds is 2. The number of fused-ring (bicyclic) bond motifs is 6. The average molecular weight is 260 g/mol. The molecule has 1 heteroatoms. The highest BCUT2D eigenvalue weighted by molar-refractivity contribution is 7.99. The van der Waals surface area contributed by atoms with E-state index >= 15 is 0 Å². The summed E-state index contributed by atoms with van der Waals surface area (Å²) in [7, 11) is 0. The van der Waals surface area contributed by atoms with Crippen molar-refractivity contribution in [1.82, 2.24) is 0 Å². The molecule has 1 aliphatic heterocycles. The van der Waals surface area contributed by atoms with Crippen LogP contribution >= 0.6 is 11.8 Å². The predicted octanol–water partition coefficient (Wildman–Crippen LogP) is 4.39. The van der Waals surface area contributed by atoms with Crippen LogP contribution in [0.2, 0.25) is 0 Å². The lowest BCUT2D eigenvalue weighted by Gasteiger charge is -2.42. The van der Waals surface area contributed by atoms with E-state index in [1.165, 1.54) is 30.8 Å². The molecule has 1 saturated heterocycles. The summed E-state index contributed by atoms with van der Waals surface area (Å²) in [6, 6.07) is 0. The topological polar surface area (TPSA) is 0 Å². The van der Waals surface area contributed by atoms with Crippen LogP contribution in [0.1, 0.15) is 25.7 Å². The molecule has 0 radical (unpaired) electrons. The zero-order chi connectivity index (χ0) is 12.3. The lowest BCUT2D eigenvalue weighted by molar-refractivity contribution is 0.0852. The molecule has 3 aliphatic carbocycles. The smallest absolute Gasteiger partial charge is 0.000764 e. The minimum absolute atomic E-state index is 0.744. The van der Waals surface area contributed by atoms with Crippen molar-refractivity contribution in [2.45, 2.75) is 25.7 Å². The third-order valence-electron chi connectivity index (χ3n) is 6.74. The molecule has 3 saturated carbocycles. The lowest BCUT2D eigenvalue weighted by atomic mass is 9.63. The Morgan fingerprint density at radius 1 is 1.06 bits per heavy atom. The molecule has 98 valence electrons. The minimum Gasteiger partial charge on any atom is -0.161 e. The van der Waals surface area contributed by atoms with E-state index in [1.54, 1.807) is 6.42 Å². The Bertz CT molecular complexity index is 379. The molecule has 1 heterocycles. The van der Waals surface area contributed by atoms with Crippen molar-refractivity contribution in [3.8, 4) is 0 Å². The second kappa shape index (κ2) is 3.91. The van der Waals surface area contributed by atoms with Gasteiger partial charge in [0.15, 0.2) is 0 Å². The van der Waals surface area contributed by atoms with Gasteiger partial charge in [-0.25, -0.2) is 0 Å². The van der Waals surface area contributed by atoms with Gasteiger partial charge >= 0.3 is 0 Å². The third kappa shape index (κ3) is 1.30. The Hall–Kier alpha value is -0.170. The van der Waals surface area contributed by atoms with E-state index in [9.17, 15) is 0 Å². The molecule has 7 unspecified atom stereocenters. The number of thioether (sulfide) groups is 1. The van der Waals surface area contributed by atoms with E-state index in [-0.39, 0.29) is 0 Å². The number of hydrogen-bond donors (Lipinski definition) is 0. The number of hydrogen-bond acceptors (Lipinski definition) is 1. The number of allylic oxidation sites excluding steroid dienone is 2. The van der Waals surface area contributed by atoms with Gasteiger partial charge in [-0.3, -0.25) is 0 Å². The van der Waals surface area contributed by atoms with E-state index in [0.29, 0.717) is 0 Å². The summed E-state index contributed by atoms with van der Waals surface area (Å²) in [6.07, 6.45) is 10.5. The summed E-state index contributed by atoms with van der Waals surface area (Å²) in [4.78, 5) is 0. The van der Waals surface area contributed by atoms with Crippen LogP contribution in [0.5, 0.6) is 0 Å². The molecule has 4 aliphatic rings. The van der Waals surface area contributed by atoms with Gasteiger partial charge in [0.25, 0.3) is 0 Å². The van der Waals surface area contributed by atoms with Gasteiger partial charge in [0.1, 0.15) is 0 Å². The van der Waals surface area contributed by atoms with E-state index in [4.69, 9.17) is 0 Å². The van der Waals surface area contributed by atoms with Crippen LogP contribution < -0.4 is 0 Å². The molecule has 4 fully saturated rings. The fourth-order valence-corrected chi connectivity index (χ4v) is 7.78. The molecule has 1 spiro atoms. The zero-order valence-electron chi connectivity index (χ0n) is 11.2. The predicted molar refractivity (Wildman–Crippen MR) is 79.6 cm³/mol. The van der Waals surface area contributed by atoms with Crippen LogP contribution in [0.4, 0.5) is 0 Å². The summed E-state index contributed by atoms with van der Waals surface area (Å²) < 4.78 is 0. The largest absolute Gasteiger partial charge is 0.161 e. The summed E-state index contributed by atoms with van der Waals surface area (Å²) in [5.74, 6) is 8.43. The quantitative estimate of drug-likeness (QED) is 0.664. The van der Waals surface area contributed by atoms with Gasteiger partial charge < -0.3 is 0 Å². The fourth-order valence-electron chi connectivity index (χ4n) is 6.20. The van der Waals surface area contributed by atoms with E-state index in [2.05, 4.69) is 37.1 Å². The SMILES string of the molecule is C=CC1CC(C=C)C2C1C1CC2C2(CCSC2)C1. The Kier molecular flexibility index (Phi) is 2.53. The van der Waals surface area contributed by atoms with E-state index in [0.717, 1.165) is 40.9 Å². The first-order valence-electron chi connectivity index (χ1n) is 7.62. The van der Waals surface area contributed by atoms with Gasteiger partial charge in [0, 0.05) is 0 Å². The normalized spacial score (nSPS) is 57.1. The van der Waals surface area contributed by atoms with E-state index in [1.807, 2.05) is 0 Å². The Balaban J connectivity index is 1.69. The fraction of sp³-hybridized carbons (Fsp3) is 0.765. The van der Waals surface area contributed by atoms with Crippen LogP contribution in [0, 0.1) is 40.9 Å². The second-order valence-corrected chi connectivity index (χ2v) is 8.27. The molecule has 0 aromatic carbocycles. The van der Waals surface area contributed by atoms with Crippen LogP contribution in [-0.4, -0.2) is 11.5 Å². The van der Waals surface area contributed by atoms with Gasteiger partial charge in [-0.2, -0.15) is 11.8 Å². The highest BCUT2D eigenvalue weighted by Gasteiger charge is 2.64. The Labute approximate surface area is 115 Å². The van der Waals surface area contributed by atoms with Gasteiger partial charge in [-0.1, -0.05) is 12.2 Å². The molecular formula is C17H24S. The third-order valence-corrected chi connectivity index (χ3v) is 8.01. The standard InChI is InChI=1S/C17H24S/c1-3-11-7-12(4-2)16-14-8-13(15(11)16)9-17(14)5-6-18-10-17/h3-4,11-16H,1-2,5-10H2. The summed E-state index contributed by atoms with van der Waals surface area (Å²) in [5, 5.41) is 0. The Morgan fingerprint density at radius 3 is 2.50 bits per heavy atom. The average Bonchev–Trinajstić information content (AvgIpc) is 3.11. The van der Waals surface area contributed by atoms with Crippen molar-refractivity contribution >= 4 is 11.8 Å². The molecular weight excluding hydrogens is 236 g/mol. The van der Waals surface area contributed by atoms with Crippen LogP contribution in [0.25, 0.3) is 0 Å². The first-order chi connectivity index (χ1) is 8.79. The van der Waals surface area contributed by atoms with Crippen molar-refractivity contribution in [3.05, 3.63) is 25.3 Å². The maximum atomic E-state index is 4.13. The molecule has 0 amide bonds. The van der Waals surface area contributed by atoms with Crippen LogP contribution in [-0.2, 0) is 0 Å². The first kappa shape index (κ1) is 11.6. The molecule has 0 aromatic rings. The molecule has 2 bridgehead atoms. The summed E-state index contributed by atoms with van der Waals surface area (Å²) in [6.45, 7) is 8.24. The maximum Gasteiger partial charge on any atom is -0.000764 e. The van der Waals surface area contributed by atoms with Gasteiger partial charge in [0.2, 0.25) is 0 Å². The van der Waals surface area contributed by atoms with Gasteiger partial charge in [-0.05, 0) is 78.1 Å². The Morgan fingerprint density at radius 2 is 1.83 bits per heavy atom. The summed E-state index contributed by atoms with van der Waals surface area (Å²) in [5.41, 5.74) is 0.744. The molecule has 18 heavy (non-hydrogen) atoms. The first-order valence-corrected chi connectivity index (χ1v) is 8.77. The summed E-state index contributed by atoms with van der Waals surface area (Å²) >= 11 is 2.21. The van der Waals surface area contributed by atoms with Crippen molar-refractivity contribution in [1.29, 1.82) is 0 Å². The van der Waals surface area contributed by atoms with E-state index < -0.39 is 0 Å². The lowest BCUT2D eigenvalue weighted by Crippen LogP contribution is -2.38. The monoisotopic (exact) mass is 260 g/mol. The maximum absolute atomic E-state index is 4.13. The second-order valence-electron chi connectivity index (χ2n) is 7.16. The van der Waals surface area contributed by atoms with Crippen molar-refractivity contribution in [3.63, 3.8) is 0 Å². The molecule has 0 nitrogen and oxygen atoms in total. The van der Waals surface area contributed by atoms with Gasteiger partial charge in [0.05, 0.1) is 0 Å². The molecule has 0 aromatic heterocycles. The minimum atomic E-state index is 0.744. The van der Waals surface area contributed by atoms with Gasteiger partial charge in [-0.15, -0.1) is 13.2 Å². The molecule has 7 atom stereocenters. The highest BCUT2D eigenvalue weighted by atomic mass is 32.2. The van der Waals surface area contributed by atoms with Crippen molar-refractivity contribution in [2.75, 3.05) is 11.5 Å². The van der Waals surface area contributed by atoms with Crippen LogP contribution in [0.15, 0.2) is 25.3 Å². The highest BCUT2D eigenvalue weighted by Crippen LogP contribution is 2.71. The molecule has 4 rings (SSSR count). The zero-order valence-corrected chi connectivity index (χ0v) is 12.0. The molecule has 0 N–H and O–H groups in total.